The SMILES string of the molecule is Cl.[CH2-][Si](C)(C)C.[Zn]. The van der Waals surface area contributed by atoms with Crippen LogP contribution in [0.15, 0.2) is 0 Å². The van der Waals surface area contributed by atoms with Crippen molar-refractivity contribution < 1.29 is 19.5 Å². The van der Waals surface area contributed by atoms with Crippen LogP contribution in [0.4, 0.5) is 0 Å². The minimum Gasteiger partial charge on any atom is -0.342 e. The van der Waals surface area contributed by atoms with Crippen LogP contribution in [0, 0.1) is 6.55 Å². The Morgan fingerprint density at radius 3 is 1.14 bits per heavy atom. The molecule has 0 atom stereocenters. The van der Waals surface area contributed by atoms with Gasteiger partial charge in [-0.05, 0) is 0 Å². The average molecular weight is 189 g/mol. The molecule has 0 aliphatic heterocycles. The summed E-state index contributed by atoms with van der Waals surface area (Å²) in [7, 11) is -0.861. The summed E-state index contributed by atoms with van der Waals surface area (Å²) in [5, 5.41) is 0. The average Bonchev–Trinajstić information content (AvgIpc) is 0.722. The van der Waals surface area contributed by atoms with Crippen molar-refractivity contribution in [2.75, 3.05) is 0 Å². The van der Waals surface area contributed by atoms with Crippen molar-refractivity contribution in [1.29, 1.82) is 0 Å². The predicted octanol–water partition coefficient (Wildman–Crippen LogP) is 2.12. The van der Waals surface area contributed by atoms with E-state index in [0.717, 1.165) is 0 Å². The Bertz CT molecular complexity index is 27.2. The molecule has 0 aromatic rings. The molecule has 0 spiro atoms. The second kappa shape index (κ2) is 5.27. The van der Waals surface area contributed by atoms with Crippen molar-refractivity contribution in [2.45, 2.75) is 19.6 Å². The van der Waals surface area contributed by atoms with E-state index in [2.05, 4.69) is 26.2 Å². The van der Waals surface area contributed by atoms with Gasteiger partial charge in [0.05, 0.1) is 0 Å². The molecule has 0 radical (unpaired) electrons. The summed E-state index contributed by atoms with van der Waals surface area (Å²) in [6.07, 6.45) is 0. The van der Waals surface area contributed by atoms with E-state index in [1.54, 1.807) is 0 Å². The van der Waals surface area contributed by atoms with Gasteiger partial charge in [0.25, 0.3) is 0 Å². The molecule has 0 aliphatic carbocycles. The maximum atomic E-state index is 3.91. The third kappa shape index (κ3) is 147. The van der Waals surface area contributed by atoms with E-state index in [-0.39, 0.29) is 31.9 Å². The molecule has 0 saturated heterocycles. The van der Waals surface area contributed by atoms with Gasteiger partial charge in [-0.25, -0.2) is 0 Å². The monoisotopic (exact) mass is 187 g/mol. The van der Waals surface area contributed by atoms with Crippen molar-refractivity contribution in [3.63, 3.8) is 0 Å². The number of halogens is 1. The first kappa shape index (κ1) is 15.7. The van der Waals surface area contributed by atoms with E-state index >= 15 is 0 Å². The van der Waals surface area contributed by atoms with Gasteiger partial charge in [0.1, 0.15) is 0 Å². The van der Waals surface area contributed by atoms with Crippen LogP contribution in [0.2, 0.25) is 19.6 Å². The molecule has 0 aromatic heterocycles. The minimum absolute atomic E-state index is 0. The Kier molecular flexibility index (Phi) is 11.8. The van der Waals surface area contributed by atoms with Crippen LogP contribution in [-0.4, -0.2) is 8.07 Å². The number of hydrogen-bond donors (Lipinski definition) is 0. The van der Waals surface area contributed by atoms with Crippen LogP contribution in [0.1, 0.15) is 0 Å². The minimum atomic E-state index is -0.861. The molecule has 0 heterocycles. The van der Waals surface area contributed by atoms with Crippen molar-refractivity contribution in [3.8, 4) is 0 Å². The van der Waals surface area contributed by atoms with Gasteiger partial charge in [-0.3, -0.25) is 0 Å². The molecule has 0 nitrogen and oxygen atoms in total. The van der Waals surface area contributed by atoms with Crippen LogP contribution >= 0.6 is 12.4 Å². The van der Waals surface area contributed by atoms with Crippen molar-refractivity contribution >= 4 is 20.5 Å². The smallest absolute Gasteiger partial charge is 0 e. The Morgan fingerprint density at radius 2 is 1.14 bits per heavy atom. The largest absolute Gasteiger partial charge is 0.342 e. The van der Waals surface area contributed by atoms with Crippen molar-refractivity contribution in [1.82, 2.24) is 0 Å². The molecule has 0 bridgehead atoms. The Hall–Kier alpha value is 1.13. The van der Waals surface area contributed by atoms with Gasteiger partial charge in [0, 0.05) is 19.5 Å². The second-order valence-electron chi connectivity index (χ2n) is 2.56. The fourth-order valence-electron chi connectivity index (χ4n) is 0. The predicted molar refractivity (Wildman–Crippen MR) is 36.0 cm³/mol. The zero-order valence-corrected chi connectivity index (χ0v) is 10.1. The summed E-state index contributed by atoms with van der Waals surface area (Å²) in [4.78, 5) is 0. The van der Waals surface area contributed by atoms with Gasteiger partial charge in [0.2, 0.25) is 0 Å². The number of hydrogen-bond acceptors (Lipinski definition) is 0. The van der Waals surface area contributed by atoms with E-state index in [0.29, 0.717) is 0 Å². The summed E-state index contributed by atoms with van der Waals surface area (Å²) in [5.74, 6) is 0. The molecule has 3 heteroatoms. The van der Waals surface area contributed by atoms with Gasteiger partial charge in [-0.15, -0.1) is 20.5 Å². The van der Waals surface area contributed by atoms with Crippen LogP contribution in [0.5, 0.6) is 0 Å². The maximum Gasteiger partial charge on any atom is 0 e. The van der Waals surface area contributed by atoms with Gasteiger partial charge in [-0.1, -0.05) is 19.6 Å². The van der Waals surface area contributed by atoms with E-state index in [4.69, 9.17) is 0 Å². The molecule has 0 saturated carbocycles. The quantitative estimate of drug-likeness (QED) is 0.404. The summed E-state index contributed by atoms with van der Waals surface area (Å²) < 4.78 is 0. The summed E-state index contributed by atoms with van der Waals surface area (Å²) >= 11 is 0. The maximum absolute atomic E-state index is 3.91. The van der Waals surface area contributed by atoms with Gasteiger partial charge >= 0.3 is 0 Å². The molecular weight excluding hydrogens is 177 g/mol. The fraction of sp³-hybridized carbons (Fsp3) is 0.750. The van der Waals surface area contributed by atoms with Crippen LogP contribution in [0.25, 0.3) is 0 Å². The van der Waals surface area contributed by atoms with Crippen LogP contribution in [0.3, 0.4) is 0 Å². The summed E-state index contributed by atoms with van der Waals surface area (Å²) in [5.41, 5.74) is 0. The third-order valence-electron chi connectivity index (χ3n) is 0. The van der Waals surface area contributed by atoms with Crippen molar-refractivity contribution in [2.24, 2.45) is 0 Å². The molecular formula is C4H12ClSiZn-. The first-order valence-corrected chi connectivity index (χ1v) is 5.56. The topological polar surface area (TPSA) is 0 Å². The molecule has 0 rings (SSSR count). The standard InChI is InChI=1S/C4H11Si.ClH.Zn/c1-5(2,3)4;;/h1H2,2-4H3;1H;/q-1;;. The summed E-state index contributed by atoms with van der Waals surface area (Å²) in [6, 6.07) is 0. The Morgan fingerprint density at radius 1 is 1.14 bits per heavy atom. The molecule has 0 amide bonds. The third-order valence-corrected chi connectivity index (χ3v) is 0. The molecule has 0 aromatic carbocycles. The van der Waals surface area contributed by atoms with Crippen LogP contribution < -0.4 is 0 Å². The van der Waals surface area contributed by atoms with Crippen molar-refractivity contribution in [3.05, 3.63) is 6.55 Å². The molecule has 0 fully saturated rings. The normalized spacial score (nSPS) is 8.57. The van der Waals surface area contributed by atoms with Gasteiger partial charge in [-0.2, -0.15) is 0 Å². The van der Waals surface area contributed by atoms with E-state index in [9.17, 15) is 0 Å². The zero-order valence-electron chi connectivity index (χ0n) is 5.32. The zero-order chi connectivity index (χ0) is 4.50. The van der Waals surface area contributed by atoms with E-state index < -0.39 is 8.07 Å². The Labute approximate surface area is 66.3 Å². The molecule has 7 heavy (non-hydrogen) atoms. The van der Waals surface area contributed by atoms with E-state index in [1.807, 2.05) is 0 Å². The first-order chi connectivity index (χ1) is 2.00. The molecule has 0 unspecified atom stereocenters. The van der Waals surface area contributed by atoms with E-state index in [1.165, 1.54) is 0 Å². The molecule has 0 aliphatic rings. The fourth-order valence-corrected chi connectivity index (χ4v) is 0. The van der Waals surface area contributed by atoms with Gasteiger partial charge in [0.15, 0.2) is 0 Å². The summed E-state index contributed by atoms with van der Waals surface area (Å²) in [6.45, 7) is 10.6. The Balaban J connectivity index is -0.0000000800. The first-order valence-electron chi connectivity index (χ1n) is 1.85. The molecule has 0 N–H and O–H groups in total. The molecule has 42 valence electrons. The number of rotatable bonds is 0. The van der Waals surface area contributed by atoms with Gasteiger partial charge < -0.3 is 6.55 Å². The second-order valence-corrected chi connectivity index (χ2v) is 7.68. The van der Waals surface area contributed by atoms with Crippen LogP contribution in [-0.2, 0) is 19.5 Å².